The summed E-state index contributed by atoms with van der Waals surface area (Å²) in [4.78, 5) is 16.5. The quantitative estimate of drug-likeness (QED) is 0.663. The van der Waals surface area contributed by atoms with E-state index in [1.807, 2.05) is 30.3 Å². The summed E-state index contributed by atoms with van der Waals surface area (Å²) >= 11 is 1.43. The van der Waals surface area contributed by atoms with Gasteiger partial charge in [0.2, 0.25) is 0 Å². The molecule has 1 N–H and O–H groups in total. The zero-order valence-corrected chi connectivity index (χ0v) is 13.7. The van der Waals surface area contributed by atoms with Crippen LogP contribution in [-0.2, 0) is 6.54 Å². The fraction of sp³-hybridized carbons (Fsp3) is 0.111. The molecule has 0 radical (unpaired) electrons. The van der Waals surface area contributed by atoms with Crippen LogP contribution in [-0.4, -0.2) is 17.5 Å². The molecule has 0 atom stereocenters. The van der Waals surface area contributed by atoms with Gasteiger partial charge in [-0.25, -0.2) is 4.98 Å². The summed E-state index contributed by atoms with van der Waals surface area (Å²) in [5.74, 6) is 1.25. The number of benzene rings is 1. The van der Waals surface area contributed by atoms with Gasteiger partial charge in [0.15, 0.2) is 0 Å². The van der Waals surface area contributed by atoms with E-state index in [-0.39, 0.29) is 5.91 Å². The maximum absolute atomic E-state index is 12.1. The van der Waals surface area contributed by atoms with Gasteiger partial charge in [-0.15, -0.1) is 11.3 Å². The van der Waals surface area contributed by atoms with Crippen LogP contribution in [0.1, 0.15) is 16.2 Å². The number of nitrogens with one attached hydrogen (secondary N) is 1. The van der Waals surface area contributed by atoms with Gasteiger partial charge >= 0.3 is 0 Å². The van der Waals surface area contributed by atoms with Crippen molar-refractivity contribution in [3.8, 4) is 16.3 Å². The van der Waals surface area contributed by atoms with E-state index in [0.717, 1.165) is 16.3 Å². The molecule has 0 fully saturated rings. The fourth-order valence-electron chi connectivity index (χ4n) is 2.03. The van der Waals surface area contributed by atoms with Crippen LogP contribution in [0.25, 0.3) is 10.6 Å². The Kier molecular flexibility index (Phi) is 5.08. The van der Waals surface area contributed by atoms with Crippen molar-refractivity contribution >= 4 is 17.2 Å². The predicted octanol–water partition coefficient (Wildman–Crippen LogP) is 3.90. The minimum absolute atomic E-state index is 0.222. The first kappa shape index (κ1) is 16.0. The van der Waals surface area contributed by atoms with Crippen LogP contribution in [0.15, 0.2) is 65.1 Å². The summed E-state index contributed by atoms with van der Waals surface area (Å²) in [6, 6.07) is 11.2. The maximum Gasteiger partial charge on any atom is 0.271 e. The Hall–Kier alpha value is -2.86. The number of amides is 1. The average molecular weight is 340 g/mol. The molecule has 0 aliphatic carbocycles. The third kappa shape index (κ3) is 3.91. The van der Waals surface area contributed by atoms with Crippen LogP contribution in [0.5, 0.6) is 5.75 Å². The highest BCUT2D eigenvalue weighted by atomic mass is 32.1. The van der Waals surface area contributed by atoms with E-state index < -0.39 is 0 Å². The van der Waals surface area contributed by atoms with Gasteiger partial charge < -0.3 is 14.5 Å². The van der Waals surface area contributed by atoms with E-state index in [2.05, 4.69) is 16.9 Å². The van der Waals surface area contributed by atoms with Crippen LogP contribution in [0.2, 0.25) is 0 Å². The minimum atomic E-state index is -0.222. The molecule has 2 aromatic heterocycles. The Morgan fingerprint density at radius 1 is 1.33 bits per heavy atom. The molecule has 0 aliphatic heterocycles. The van der Waals surface area contributed by atoms with E-state index in [4.69, 9.17) is 9.15 Å². The summed E-state index contributed by atoms with van der Waals surface area (Å²) in [6.07, 6.45) is 3.27. The van der Waals surface area contributed by atoms with Gasteiger partial charge in [-0.3, -0.25) is 4.79 Å². The number of nitrogens with zero attached hydrogens (tertiary/aromatic N) is 1. The lowest BCUT2D eigenvalue weighted by atomic mass is 10.2. The topological polar surface area (TPSA) is 64.4 Å². The molecular weight excluding hydrogens is 324 g/mol. The Bertz CT molecular complexity index is 807. The van der Waals surface area contributed by atoms with Crippen molar-refractivity contribution in [2.24, 2.45) is 0 Å². The number of hydrogen-bond donors (Lipinski definition) is 1. The van der Waals surface area contributed by atoms with E-state index >= 15 is 0 Å². The lowest BCUT2D eigenvalue weighted by molar-refractivity contribution is 0.0944. The Balaban J connectivity index is 1.64. The molecule has 1 amide bonds. The van der Waals surface area contributed by atoms with E-state index in [1.165, 1.54) is 11.3 Å². The van der Waals surface area contributed by atoms with Gasteiger partial charge in [-0.2, -0.15) is 0 Å². The van der Waals surface area contributed by atoms with Gasteiger partial charge in [0.05, 0.1) is 12.8 Å². The summed E-state index contributed by atoms with van der Waals surface area (Å²) in [5.41, 5.74) is 1.34. The van der Waals surface area contributed by atoms with Gasteiger partial charge in [0.25, 0.3) is 5.91 Å². The molecule has 6 heteroatoms. The second-order valence-electron chi connectivity index (χ2n) is 4.92. The van der Waals surface area contributed by atoms with Gasteiger partial charge in [-0.05, 0) is 36.4 Å². The molecule has 0 spiro atoms. The van der Waals surface area contributed by atoms with Crippen LogP contribution in [0, 0.1) is 0 Å². The highest BCUT2D eigenvalue weighted by Crippen LogP contribution is 2.25. The van der Waals surface area contributed by atoms with Crippen LogP contribution in [0.4, 0.5) is 0 Å². The molecule has 3 aromatic rings. The fourth-order valence-corrected chi connectivity index (χ4v) is 2.84. The number of ether oxygens (including phenoxy) is 1. The lowest BCUT2D eigenvalue weighted by Gasteiger charge is -2.03. The molecule has 3 rings (SSSR count). The molecule has 0 unspecified atom stereocenters. The molecule has 0 saturated carbocycles. The van der Waals surface area contributed by atoms with Gasteiger partial charge in [0, 0.05) is 10.9 Å². The first-order chi connectivity index (χ1) is 11.8. The average Bonchev–Trinajstić information content (AvgIpc) is 3.30. The molecule has 5 nitrogen and oxygen atoms in total. The second kappa shape index (κ2) is 7.61. The van der Waals surface area contributed by atoms with Crippen molar-refractivity contribution in [1.29, 1.82) is 0 Å². The molecule has 0 bridgehead atoms. The van der Waals surface area contributed by atoms with Gasteiger partial charge in [-0.1, -0.05) is 12.7 Å². The zero-order chi connectivity index (χ0) is 16.8. The summed E-state index contributed by atoms with van der Waals surface area (Å²) in [5, 5.41) is 5.31. The van der Waals surface area contributed by atoms with E-state index in [1.54, 1.807) is 23.8 Å². The van der Waals surface area contributed by atoms with Crippen LogP contribution >= 0.6 is 11.3 Å². The molecule has 24 heavy (non-hydrogen) atoms. The smallest absolute Gasteiger partial charge is 0.271 e. The number of furan rings is 1. The first-order valence-electron chi connectivity index (χ1n) is 7.36. The van der Waals surface area contributed by atoms with Crippen molar-refractivity contribution in [3.63, 3.8) is 0 Å². The predicted molar refractivity (Wildman–Crippen MR) is 93.1 cm³/mol. The Labute approximate surface area is 143 Å². The van der Waals surface area contributed by atoms with Crippen LogP contribution < -0.4 is 10.1 Å². The normalized spacial score (nSPS) is 10.3. The highest BCUT2D eigenvalue weighted by Gasteiger charge is 2.12. The first-order valence-corrected chi connectivity index (χ1v) is 8.24. The number of aromatic nitrogens is 1. The SMILES string of the molecule is C=CCOc1ccc(-c2nc(C(=O)NCc3ccco3)cs2)cc1. The summed E-state index contributed by atoms with van der Waals surface area (Å²) in [7, 11) is 0. The Morgan fingerprint density at radius 3 is 2.88 bits per heavy atom. The number of thiazole rings is 1. The molecular formula is C18H16N2O3S. The monoisotopic (exact) mass is 340 g/mol. The van der Waals surface area contributed by atoms with E-state index in [9.17, 15) is 4.79 Å². The van der Waals surface area contributed by atoms with Gasteiger partial charge in [0.1, 0.15) is 28.8 Å². The van der Waals surface area contributed by atoms with Crippen molar-refractivity contribution < 1.29 is 13.9 Å². The maximum atomic E-state index is 12.1. The molecule has 2 heterocycles. The highest BCUT2D eigenvalue weighted by molar-refractivity contribution is 7.13. The van der Waals surface area contributed by atoms with Crippen LogP contribution in [0.3, 0.4) is 0 Å². The number of carbonyl (C=O) groups excluding carboxylic acids is 1. The number of rotatable bonds is 7. The summed E-state index contributed by atoms with van der Waals surface area (Å²) in [6.45, 7) is 4.42. The van der Waals surface area contributed by atoms with Crippen molar-refractivity contribution in [3.05, 3.63) is 72.2 Å². The van der Waals surface area contributed by atoms with Crippen molar-refractivity contribution in [2.45, 2.75) is 6.54 Å². The lowest BCUT2D eigenvalue weighted by Crippen LogP contribution is -2.22. The number of carbonyl (C=O) groups is 1. The Morgan fingerprint density at radius 2 is 2.17 bits per heavy atom. The second-order valence-corrected chi connectivity index (χ2v) is 5.78. The molecule has 1 aromatic carbocycles. The molecule has 0 aliphatic rings. The third-order valence-electron chi connectivity index (χ3n) is 3.21. The van der Waals surface area contributed by atoms with Crippen molar-refractivity contribution in [2.75, 3.05) is 6.61 Å². The molecule has 0 saturated heterocycles. The minimum Gasteiger partial charge on any atom is -0.490 e. The standard InChI is InChI=1S/C18H16N2O3S/c1-2-9-22-14-7-5-13(6-8-14)18-20-16(12-24-18)17(21)19-11-15-4-3-10-23-15/h2-8,10,12H,1,9,11H2,(H,19,21). The summed E-state index contributed by atoms with van der Waals surface area (Å²) < 4.78 is 10.6. The van der Waals surface area contributed by atoms with E-state index in [0.29, 0.717) is 24.6 Å². The third-order valence-corrected chi connectivity index (χ3v) is 4.10. The zero-order valence-electron chi connectivity index (χ0n) is 12.9. The number of hydrogen-bond acceptors (Lipinski definition) is 5. The molecule has 122 valence electrons. The van der Waals surface area contributed by atoms with Crippen molar-refractivity contribution in [1.82, 2.24) is 10.3 Å². The largest absolute Gasteiger partial charge is 0.490 e.